The first-order chi connectivity index (χ1) is 15.5. The molecule has 32 heavy (non-hydrogen) atoms. The van der Waals surface area contributed by atoms with Crippen molar-refractivity contribution in [2.24, 2.45) is 0 Å². The van der Waals surface area contributed by atoms with E-state index >= 15 is 0 Å². The molecular formula is C24H23N3O4S. The number of hydrogen-bond acceptors (Lipinski definition) is 5. The highest BCUT2D eigenvalue weighted by molar-refractivity contribution is 7.18. The molecule has 4 aromatic rings. The number of aryl methyl sites for hydroxylation is 3. The third kappa shape index (κ3) is 3.60. The van der Waals surface area contributed by atoms with Gasteiger partial charge in [0.1, 0.15) is 17.1 Å². The Labute approximate surface area is 187 Å². The standard InChI is InChI=1S/C24H23N3O4S/c1-15-7-2-4-10-18(15)25-20(28)14-27-23-21(17-9-3-5-11-19(17)32-23)22(29)26(24(27)30)13-16-8-6-12-31-16/h2,4,6-8,10,12H,3,5,9,11,13-14H2,1H3,(H,25,28). The van der Waals surface area contributed by atoms with Crippen molar-refractivity contribution in [2.75, 3.05) is 5.32 Å². The summed E-state index contributed by atoms with van der Waals surface area (Å²) in [5, 5.41) is 3.46. The van der Waals surface area contributed by atoms with Gasteiger partial charge in [-0.25, -0.2) is 4.79 Å². The van der Waals surface area contributed by atoms with Gasteiger partial charge in [-0.2, -0.15) is 0 Å². The van der Waals surface area contributed by atoms with Crippen LogP contribution in [0.1, 0.15) is 34.6 Å². The number of aromatic nitrogens is 2. The zero-order chi connectivity index (χ0) is 22.2. The first-order valence-electron chi connectivity index (χ1n) is 10.7. The van der Waals surface area contributed by atoms with E-state index in [-0.39, 0.29) is 24.6 Å². The lowest BCUT2D eigenvalue weighted by Crippen LogP contribution is -2.41. The summed E-state index contributed by atoms with van der Waals surface area (Å²) in [5.41, 5.74) is 1.86. The summed E-state index contributed by atoms with van der Waals surface area (Å²) in [7, 11) is 0. The lowest BCUT2D eigenvalue weighted by molar-refractivity contribution is -0.116. The van der Waals surface area contributed by atoms with Crippen LogP contribution in [0.4, 0.5) is 5.69 Å². The lowest BCUT2D eigenvalue weighted by atomic mass is 9.97. The summed E-state index contributed by atoms with van der Waals surface area (Å²) in [6.45, 7) is 1.78. The molecule has 0 spiro atoms. The van der Waals surface area contributed by atoms with Gasteiger partial charge in [0.25, 0.3) is 5.56 Å². The number of carbonyl (C=O) groups excluding carboxylic acids is 1. The summed E-state index contributed by atoms with van der Waals surface area (Å²) in [6.07, 6.45) is 5.32. The Morgan fingerprint density at radius 3 is 2.69 bits per heavy atom. The predicted molar refractivity (Wildman–Crippen MR) is 125 cm³/mol. The molecule has 5 rings (SSSR count). The second-order valence-electron chi connectivity index (χ2n) is 8.09. The quantitative estimate of drug-likeness (QED) is 0.503. The Morgan fingerprint density at radius 1 is 1.09 bits per heavy atom. The van der Waals surface area contributed by atoms with Crippen LogP contribution in [0.25, 0.3) is 10.2 Å². The van der Waals surface area contributed by atoms with Crippen LogP contribution in [0, 0.1) is 6.92 Å². The maximum absolute atomic E-state index is 13.4. The second-order valence-corrected chi connectivity index (χ2v) is 9.18. The van der Waals surface area contributed by atoms with Gasteiger partial charge in [-0.05, 0) is 61.9 Å². The molecule has 0 unspecified atom stereocenters. The van der Waals surface area contributed by atoms with Gasteiger partial charge in [-0.1, -0.05) is 18.2 Å². The van der Waals surface area contributed by atoms with Crippen molar-refractivity contribution in [1.82, 2.24) is 9.13 Å². The molecule has 1 aliphatic rings. The topological polar surface area (TPSA) is 86.2 Å². The number of benzene rings is 1. The van der Waals surface area contributed by atoms with E-state index in [0.717, 1.165) is 41.7 Å². The van der Waals surface area contributed by atoms with Gasteiger partial charge in [0.05, 0.1) is 18.2 Å². The van der Waals surface area contributed by atoms with E-state index in [1.165, 1.54) is 26.7 Å². The molecular weight excluding hydrogens is 426 g/mol. The van der Waals surface area contributed by atoms with Crippen molar-refractivity contribution in [3.8, 4) is 0 Å². The van der Waals surface area contributed by atoms with Crippen molar-refractivity contribution < 1.29 is 9.21 Å². The molecule has 164 valence electrons. The fourth-order valence-corrected chi connectivity index (χ4v) is 5.67. The van der Waals surface area contributed by atoms with Gasteiger partial charge in [0, 0.05) is 10.6 Å². The molecule has 0 atom stereocenters. The van der Waals surface area contributed by atoms with Crippen molar-refractivity contribution in [3.63, 3.8) is 0 Å². The van der Waals surface area contributed by atoms with Crippen molar-refractivity contribution in [2.45, 2.75) is 45.7 Å². The van der Waals surface area contributed by atoms with Gasteiger partial charge in [0.15, 0.2) is 0 Å². The van der Waals surface area contributed by atoms with Crippen LogP contribution >= 0.6 is 11.3 Å². The summed E-state index contributed by atoms with van der Waals surface area (Å²) < 4.78 is 8.01. The Hall–Kier alpha value is -3.39. The number of hydrogen-bond donors (Lipinski definition) is 1. The highest BCUT2D eigenvalue weighted by Gasteiger charge is 2.24. The molecule has 3 heterocycles. The maximum atomic E-state index is 13.4. The average Bonchev–Trinajstić information content (AvgIpc) is 3.43. The monoisotopic (exact) mass is 449 g/mol. The number of carbonyl (C=O) groups is 1. The lowest BCUT2D eigenvalue weighted by Gasteiger charge is -2.13. The summed E-state index contributed by atoms with van der Waals surface area (Å²) in [4.78, 5) is 41.4. The van der Waals surface area contributed by atoms with E-state index in [9.17, 15) is 14.4 Å². The molecule has 0 fully saturated rings. The molecule has 0 saturated heterocycles. The van der Waals surface area contributed by atoms with Crippen LogP contribution in [0.5, 0.6) is 0 Å². The summed E-state index contributed by atoms with van der Waals surface area (Å²) >= 11 is 1.47. The van der Waals surface area contributed by atoms with Gasteiger partial charge >= 0.3 is 5.69 Å². The van der Waals surface area contributed by atoms with Crippen LogP contribution in [0.15, 0.2) is 56.7 Å². The van der Waals surface area contributed by atoms with Gasteiger partial charge in [-0.15, -0.1) is 11.3 Å². The molecule has 0 saturated carbocycles. The highest BCUT2D eigenvalue weighted by Crippen LogP contribution is 2.34. The van der Waals surface area contributed by atoms with E-state index in [1.807, 2.05) is 31.2 Å². The number of nitrogens with zero attached hydrogens (tertiary/aromatic N) is 2. The first kappa shape index (κ1) is 20.5. The number of anilines is 1. The van der Waals surface area contributed by atoms with Crippen LogP contribution in [-0.4, -0.2) is 15.0 Å². The summed E-state index contributed by atoms with van der Waals surface area (Å²) in [5.74, 6) is 0.209. The van der Waals surface area contributed by atoms with Gasteiger partial charge < -0.3 is 9.73 Å². The molecule has 8 heteroatoms. The van der Waals surface area contributed by atoms with Crippen molar-refractivity contribution >= 4 is 33.1 Å². The van der Waals surface area contributed by atoms with Crippen LogP contribution < -0.4 is 16.6 Å². The third-order valence-corrected chi connectivity index (χ3v) is 7.25. The number of amides is 1. The number of rotatable bonds is 5. The van der Waals surface area contributed by atoms with Crippen molar-refractivity contribution in [1.29, 1.82) is 0 Å². The maximum Gasteiger partial charge on any atom is 0.333 e. The highest BCUT2D eigenvalue weighted by atomic mass is 32.1. The van der Waals surface area contributed by atoms with Crippen molar-refractivity contribution in [3.05, 3.63) is 85.3 Å². The normalized spacial score (nSPS) is 13.3. The number of nitrogens with one attached hydrogen (secondary N) is 1. The predicted octanol–water partition coefficient (Wildman–Crippen LogP) is 3.69. The van der Waals surface area contributed by atoms with Gasteiger partial charge in [0.2, 0.25) is 5.91 Å². The fraction of sp³-hybridized carbons (Fsp3) is 0.292. The molecule has 3 aromatic heterocycles. The first-order valence-corrected chi connectivity index (χ1v) is 11.5. The largest absolute Gasteiger partial charge is 0.467 e. The number of fused-ring (bicyclic) bond motifs is 3. The van der Waals surface area contributed by atoms with E-state index in [2.05, 4.69) is 5.32 Å². The van der Waals surface area contributed by atoms with E-state index in [1.54, 1.807) is 12.1 Å². The Balaban J connectivity index is 1.62. The minimum Gasteiger partial charge on any atom is -0.467 e. The number of thiophene rings is 1. The smallest absolute Gasteiger partial charge is 0.333 e. The van der Waals surface area contributed by atoms with Crippen LogP contribution in [-0.2, 0) is 30.7 Å². The average molecular weight is 450 g/mol. The molecule has 1 amide bonds. The zero-order valence-corrected chi connectivity index (χ0v) is 18.5. The zero-order valence-electron chi connectivity index (χ0n) is 17.7. The van der Waals surface area contributed by atoms with E-state index in [4.69, 9.17) is 4.42 Å². The van der Waals surface area contributed by atoms with Crippen LogP contribution in [0.3, 0.4) is 0 Å². The molecule has 7 nitrogen and oxygen atoms in total. The molecule has 1 aliphatic carbocycles. The molecule has 0 bridgehead atoms. The van der Waals surface area contributed by atoms with Gasteiger partial charge in [-0.3, -0.25) is 18.7 Å². The van der Waals surface area contributed by atoms with Crippen LogP contribution in [0.2, 0.25) is 0 Å². The third-order valence-electron chi connectivity index (χ3n) is 5.93. The summed E-state index contributed by atoms with van der Waals surface area (Å²) in [6, 6.07) is 10.9. The SMILES string of the molecule is Cc1ccccc1NC(=O)Cn1c(=O)n(Cc2ccco2)c(=O)c2c3c(sc21)CCCC3. The van der Waals surface area contributed by atoms with E-state index in [0.29, 0.717) is 21.7 Å². The second kappa shape index (κ2) is 8.27. The molecule has 0 radical (unpaired) electrons. The molecule has 1 aromatic carbocycles. The minimum absolute atomic E-state index is 0.0324. The molecule has 0 aliphatic heterocycles. The minimum atomic E-state index is -0.502. The molecule has 1 N–H and O–H groups in total. The number of para-hydroxylation sites is 1. The Kier molecular flexibility index (Phi) is 5.30. The Bertz CT molecular complexity index is 1430. The van der Waals surface area contributed by atoms with E-state index < -0.39 is 5.69 Å². The Morgan fingerprint density at radius 2 is 1.91 bits per heavy atom. The fourth-order valence-electron chi connectivity index (χ4n) is 4.30. The number of furan rings is 1.